The molecule has 0 aliphatic carbocycles. The standard InChI is InChI=1S/C18H26N2O/c1-2-3-4-5-6-10-13-18(21)16-14-19-20(15-16)17-11-8-7-9-12-17/h7-9,11-12,14-15,18,21H,2-6,10,13H2,1H3. The van der Waals surface area contributed by atoms with E-state index in [4.69, 9.17) is 0 Å². The predicted molar refractivity (Wildman–Crippen MR) is 86.5 cm³/mol. The number of aliphatic hydroxyl groups is 1. The van der Waals surface area contributed by atoms with Gasteiger partial charge in [0.25, 0.3) is 0 Å². The largest absolute Gasteiger partial charge is 0.388 e. The number of para-hydroxylation sites is 1. The van der Waals surface area contributed by atoms with Crippen molar-refractivity contribution in [3.05, 3.63) is 48.3 Å². The number of aliphatic hydroxyl groups excluding tert-OH is 1. The summed E-state index contributed by atoms with van der Waals surface area (Å²) in [4.78, 5) is 0. The van der Waals surface area contributed by atoms with Gasteiger partial charge in [-0.15, -0.1) is 0 Å². The Morgan fingerprint density at radius 3 is 2.52 bits per heavy atom. The van der Waals surface area contributed by atoms with Gasteiger partial charge in [-0.25, -0.2) is 4.68 Å². The van der Waals surface area contributed by atoms with E-state index in [9.17, 15) is 5.11 Å². The van der Waals surface area contributed by atoms with E-state index in [1.807, 2.05) is 41.2 Å². The molecule has 21 heavy (non-hydrogen) atoms. The number of benzene rings is 1. The van der Waals surface area contributed by atoms with Crippen LogP contribution in [0.1, 0.15) is 63.5 Å². The molecule has 2 aromatic rings. The maximum absolute atomic E-state index is 10.2. The molecule has 3 heteroatoms. The molecule has 2 rings (SSSR count). The molecule has 0 aliphatic rings. The minimum absolute atomic E-state index is 0.395. The van der Waals surface area contributed by atoms with E-state index >= 15 is 0 Å². The van der Waals surface area contributed by atoms with Crippen LogP contribution in [0.25, 0.3) is 5.69 Å². The summed E-state index contributed by atoms with van der Waals surface area (Å²) >= 11 is 0. The van der Waals surface area contributed by atoms with Crippen LogP contribution in [0.5, 0.6) is 0 Å². The average Bonchev–Trinajstić information content (AvgIpc) is 3.01. The highest BCUT2D eigenvalue weighted by atomic mass is 16.3. The van der Waals surface area contributed by atoms with Gasteiger partial charge in [-0.1, -0.05) is 63.6 Å². The van der Waals surface area contributed by atoms with Crippen molar-refractivity contribution in [1.82, 2.24) is 9.78 Å². The molecule has 0 radical (unpaired) electrons. The molecule has 1 N–H and O–H groups in total. The van der Waals surface area contributed by atoms with Crippen LogP contribution in [0, 0.1) is 0 Å². The molecular formula is C18H26N2O. The summed E-state index contributed by atoms with van der Waals surface area (Å²) in [6, 6.07) is 9.99. The van der Waals surface area contributed by atoms with E-state index in [0.717, 1.165) is 24.1 Å². The van der Waals surface area contributed by atoms with Crippen molar-refractivity contribution >= 4 is 0 Å². The Kier molecular flexibility index (Phi) is 6.48. The van der Waals surface area contributed by atoms with Crippen LogP contribution < -0.4 is 0 Å². The molecular weight excluding hydrogens is 260 g/mol. The summed E-state index contributed by atoms with van der Waals surface area (Å²) in [6.45, 7) is 2.23. The fraction of sp³-hybridized carbons (Fsp3) is 0.500. The number of nitrogens with zero attached hydrogens (tertiary/aromatic N) is 2. The molecule has 0 saturated heterocycles. The second kappa shape index (κ2) is 8.63. The first-order valence-corrected chi connectivity index (χ1v) is 8.09. The number of hydrogen-bond donors (Lipinski definition) is 1. The second-order valence-corrected chi connectivity index (χ2v) is 5.63. The van der Waals surface area contributed by atoms with Gasteiger partial charge in [0.2, 0.25) is 0 Å². The molecule has 1 heterocycles. The van der Waals surface area contributed by atoms with Gasteiger partial charge < -0.3 is 5.11 Å². The zero-order chi connectivity index (χ0) is 14.9. The first-order valence-electron chi connectivity index (χ1n) is 8.09. The summed E-state index contributed by atoms with van der Waals surface area (Å²) in [6.07, 6.45) is 11.6. The Morgan fingerprint density at radius 1 is 1.05 bits per heavy atom. The summed E-state index contributed by atoms with van der Waals surface area (Å²) in [5.41, 5.74) is 1.93. The highest BCUT2D eigenvalue weighted by Crippen LogP contribution is 2.20. The zero-order valence-corrected chi connectivity index (χ0v) is 12.9. The second-order valence-electron chi connectivity index (χ2n) is 5.63. The summed E-state index contributed by atoms with van der Waals surface area (Å²) in [5, 5.41) is 14.6. The lowest BCUT2D eigenvalue weighted by Crippen LogP contribution is -1.97. The number of hydrogen-bond acceptors (Lipinski definition) is 2. The van der Waals surface area contributed by atoms with Crippen molar-refractivity contribution in [3.8, 4) is 5.69 Å². The van der Waals surface area contributed by atoms with E-state index in [0.29, 0.717) is 0 Å². The fourth-order valence-electron chi connectivity index (χ4n) is 2.52. The molecule has 1 unspecified atom stereocenters. The quantitative estimate of drug-likeness (QED) is 0.681. The Bertz CT molecular complexity index is 507. The summed E-state index contributed by atoms with van der Waals surface area (Å²) in [5.74, 6) is 0. The Balaban J connectivity index is 1.78. The molecule has 1 aromatic heterocycles. The van der Waals surface area contributed by atoms with Crippen molar-refractivity contribution in [1.29, 1.82) is 0 Å². The normalized spacial score (nSPS) is 12.5. The lowest BCUT2D eigenvalue weighted by Gasteiger charge is -2.08. The van der Waals surface area contributed by atoms with E-state index < -0.39 is 6.10 Å². The average molecular weight is 286 g/mol. The van der Waals surface area contributed by atoms with Crippen LogP contribution in [0.3, 0.4) is 0 Å². The third-order valence-electron chi connectivity index (χ3n) is 3.84. The van der Waals surface area contributed by atoms with Gasteiger partial charge in [0, 0.05) is 11.8 Å². The zero-order valence-electron chi connectivity index (χ0n) is 12.9. The van der Waals surface area contributed by atoms with Gasteiger partial charge in [-0.2, -0.15) is 5.10 Å². The van der Waals surface area contributed by atoms with E-state index in [1.54, 1.807) is 6.20 Å². The Hall–Kier alpha value is -1.61. The molecule has 0 bridgehead atoms. The van der Waals surface area contributed by atoms with Crippen LogP contribution in [0.15, 0.2) is 42.7 Å². The van der Waals surface area contributed by atoms with Gasteiger partial charge in [0.15, 0.2) is 0 Å². The maximum Gasteiger partial charge on any atom is 0.0820 e. The number of aromatic nitrogens is 2. The fourth-order valence-corrected chi connectivity index (χ4v) is 2.52. The topological polar surface area (TPSA) is 38.1 Å². The highest BCUT2D eigenvalue weighted by molar-refractivity contribution is 5.31. The molecule has 0 spiro atoms. The Morgan fingerprint density at radius 2 is 1.76 bits per heavy atom. The van der Waals surface area contributed by atoms with Crippen LogP contribution in [-0.2, 0) is 0 Å². The van der Waals surface area contributed by atoms with Crippen LogP contribution in [-0.4, -0.2) is 14.9 Å². The van der Waals surface area contributed by atoms with Crippen molar-refractivity contribution in [2.24, 2.45) is 0 Å². The van der Waals surface area contributed by atoms with E-state index in [-0.39, 0.29) is 0 Å². The first kappa shape index (κ1) is 15.8. The van der Waals surface area contributed by atoms with Crippen LogP contribution in [0.2, 0.25) is 0 Å². The minimum Gasteiger partial charge on any atom is -0.388 e. The SMILES string of the molecule is CCCCCCCCC(O)c1cnn(-c2ccccc2)c1. The Labute approximate surface area is 127 Å². The molecule has 0 fully saturated rings. The molecule has 0 amide bonds. The third kappa shape index (κ3) is 5.01. The van der Waals surface area contributed by atoms with Crippen molar-refractivity contribution in [3.63, 3.8) is 0 Å². The summed E-state index contributed by atoms with van der Waals surface area (Å²) in [7, 11) is 0. The molecule has 114 valence electrons. The van der Waals surface area contributed by atoms with Crippen LogP contribution >= 0.6 is 0 Å². The minimum atomic E-state index is -0.395. The van der Waals surface area contributed by atoms with Gasteiger partial charge in [0.1, 0.15) is 0 Å². The smallest absolute Gasteiger partial charge is 0.0820 e. The molecule has 1 atom stereocenters. The lowest BCUT2D eigenvalue weighted by atomic mass is 10.0. The molecule has 0 saturated carbocycles. The van der Waals surface area contributed by atoms with Gasteiger partial charge in [0.05, 0.1) is 18.0 Å². The van der Waals surface area contributed by atoms with Crippen molar-refractivity contribution in [2.75, 3.05) is 0 Å². The van der Waals surface area contributed by atoms with Crippen molar-refractivity contribution in [2.45, 2.75) is 58.0 Å². The monoisotopic (exact) mass is 286 g/mol. The maximum atomic E-state index is 10.2. The van der Waals surface area contributed by atoms with Crippen molar-refractivity contribution < 1.29 is 5.11 Å². The van der Waals surface area contributed by atoms with Crippen LogP contribution in [0.4, 0.5) is 0 Å². The third-order valence-corrected chi connectivity index (χ3v) is 3.84. The number of unbranched alkanes of at least 4 members (excludes halogenated alkanes) is 5. The van der Waals surface area contributed by atoms with Gasteiger partial charge in [-0.05, 0) is 18.6 Å². The highest BCUT2D eigenvalue weighted by Gasteiger charge is 2.10. The molecule has 1 aromatic carbocycles. The van der Waals surface area contributed by atoms with Gasteiger partial charge >= 0.3 is 0 Å². The predicted octanol–water partition coefficient (Wildman–Crippen LogP) is 4.66. The molecule has 0 aliphatic heterocycles. The van der Waals surface area contributed by atoms with E-state index in [2.05, 4.69) is 12.0 Å². The lowest BCUT2D eigenvalue weighted by molar-refractivity contribution is 0.163. The summed E-state index contributed by atoms with van der Waals surface area (Å²) < 4.78 is 1.82. The van der Waals surface area contributed by atoms with E-state index in [1.165, 1.54) is 32.1 Å². The first-order chi connectivity index (χ1) is 10.3. The number of rotatable bonds is 9. The van der Waals surface area contributed by atoms with Gasteiger partial charge in [-0.3, -0.25) is 0 Å². The molecule has 3 nitrogen and oxygen atoms in total.